The lowest BCUT2D eigenvalue weighted by Crippen LogP contribution is -1.92. The Morgan fingerprint density at radius 2 is 1.89 bits per heavy atom. The van der Waals surface area contributed by atoms with Crippen LogP contribution in [0.15, 0.2) is 30.3 Å². The van der Waals surface area contributed by atoms with E-state index in [4.69, 9.17) is 5.11 Å². The van der Waals surface area contributed by atoms with Crippen LogP contribution in [0.5, 0.6) is 0 Å². The topological polar surface area (TPSA) is 37.3 Å². The monoisotopic (exact) mass is 260 g/mol. The average molecular weight is 260 g/mol. The number of carboxylic acids is 1. The summed E-state index contributed by atoms with van der Waals surface area (Å²) in [4.78, 5) is 10.3. The van der Waals surface area contributed by atoms with Crippen molar-refractivity contribution in [1.82, 2.24) is 0 Å². The Morgan fingerprint density at radius 1 is 1.16 bits per heavy atom. The maximum absolute atomic E-state index is 10.3. The molecule has 2 heteroatoms. The largest absolute Gasteiger partial charge is 0.481 e. The molecule has 19 heavy (non-hydrogen) atoms. The number of aliphatic carboxylic acids is 1. The number of rotatable bonds is 9. The first kappa shape index (κ1) is 15.5. The Morgan fingerprint density at radius 3 is 2.53 bits per heavy atom. The van der Waals surface area contributed by atoms with E-state index in [1.807, 2.05) is 0 Å². The lowest BCUT2D eigenvalue weighted by atomic mass is 10.1. The zero-order chi connectivity index (χ0) is 13.9. The van der Waals surface area contributed by atoms with E-state index in [1.54, 1.807) is 0 Å². The van der Waals surface area contributed by atoms with Crippen molar-refractivity contribution in [3.8, 4) is 0 Å². The summed E-state index contributed by atoms with van der Waals surface area (Å²) in [7, 11) is 0. The van der Waals surface area contributed by atoms with Crippen LogP contribution in [-0.4, -0.2) is 11.1 Å². The molecule has 0 amide bonds. The second-order valence-corrected chi connectivity index (χ2v) is 4.89. The Kier molecular flexibility index (Phi) is 7.64. The van der Waals surface area contributed by atoms with Crippen molar-refractivity contribution < 1.29 is 9.90 Å². The highest BCUT2D eigenvalue weighted by Gasteiger charge is 1.95. The second kappa shape index (κ2) is 9.37. The molecule has 0 fully saturated rings. The van der Waals surface area contributed by atoms with Crippen LogP contribution in [0.2, 0.25) is 0 Å². The van der Waals surface area contributed by atoms with Crippen LogP contribution in [0.1, 0.15) is 56.6 Å². The van der Waals surface area contributed by atoms with Crippen molar-refractivity contribution in [3.63, 3.8) is 0 Å². The van der Waals surface area contributed by atoms with E-state index in [9.17, 15) is 4.79 Å². The van der Waals surface area contributed by atoms with Gasteiger partial charge in [-0.25, -0.2) is 0 Å². The molecule has 2 nitrogen and oxygen atoms in total. The summed E-state index contributed by atoms with van der Waals surface area (Å²) < 4.78 is 0. The van der Waals surface area contributed by atoms with Crippen LogP contribution in [0.3, 0.4) is 0 Å². The summed E-state index contributed by atoms with van der Waals surface area (Å²) in [6.07, 6.45) is 10.8. The molecule has 1 aromatic rings. The van der Waals surface area contributed by atoms with Gasteiger partial charge in [-0.3, -0.25) is 4.79 Å². The number of carboxylic acid groups (broad SMARTS) is 1. The standard InChI is InChI=1S/C17H24O2/c1-2-3-8-15-11-13-16(14-12-15)9-6-4-5-7-10-17(18)19/h6,9,11-14H,2-5,7-8,10H2,1H3,(H,18,19). The van der Waals surface area contributed by atoms with Gasteiger partial charge < -0.3 is 5.11 Å². The molecular formula is C17H24O2. The molecule has 104 valence electrons. The molecular weight excluding hydrogens is 236 g/mol. The molecule has 0 saturated heterocycles. The normalized spacial score (nSPS) is 11.0. The van der Waals surface area contributed by atoms with Gasteiger partial charge in [0.25, 0.3) is 0 Å². The van der Waals surface area contributed by atoms with Gasteiger partial charge in [-0.15, -0.1) is 0 Å². The number of hydrogen-bond donors (Lipinski definition) is 1. The molecule has 0 aliphatic rings. The minimum absolute atomic E-state index is 0.278. The maximum atomic E-state index is 10.3. The summed E-state index contributed by atoms with van der Waals surface area (Å²) in [5, 5.41) is 8.52. The third-order valence-electron chi connectivity index (χ3n) is 3.12. The first-order chi connectivity index (χ1) is 9.22. The Bertz CT molecular complexity index is 390. The molecule has 1 aromatic carbocycles. The number of unbranched alkanes of at least 4 members (excludes halogenated alkanes) is 3. The highest BCUT2D eigenvalue weighted by molar-refractivity contribution is 5.66. The van der Waals surface area contributed by atoms with Gasteiger partial charge in [-0.05, 0) is 43.2 Å². The predicted octanol–water partition coefficient (Wildman–Crippen LogP) is 4.69. The second-order valence-electron chi connectivity index (χ2n) is 4.89. The Balaban J connectivity index is 2.26. The van der Waals surface area contributed by atoms with Gasteiger partial charge in [-0.1, -0.05) is 49.8 Å². The number of hydrogen-bond acceptors (Lipinski definition) is 1. The zero-order valence-corrected chi connectivity index (χ0v) is 11.8. The highest BCUT2D eigenvalue weighted by Crippen LogP contribution is 2.10. The SMILES string of the molecule is CCCCc1ccc(C=CCCCCC(=O)O)cc1. The van der Waals surface area contributed by atoms with Crippen LogP contribution in [0, 0.1) is 0 Å². The lowest BCUT2D eigenvalue weighted by Gasteiger charge is -2.00. The van der Waals surface area contributed by atoms with Gasteiger partial charge in [-0.2, -0.15) is 0 Å². The Labute approximate surface area is 116 Å². The smallest absolute Gasteiger partial charge is 0.303 e. The van der Waals surface area contributed by atoms with E-state index >= 15 is 0 Å². The number of benzene rings is 1. The number of carbonyl (C=O) groups is 1. The molecule has 0 atom stereocenters. The number of allylic oxidation sites excluding steroid dienone is 1. The van der Waals surface area contributed by atoms with Gasteiger partial charge in [0, 0.05) is 6.42 Å². The van der Waals surface area contributed by atoms with Crippen LogP contribution in [0.25, 0.3) is 6.08 Å². The minimum atomic E-state index is -0.702. The van der Waals surface area contributed by atoms with Crippen molar-refractivity contribution in [1.29, 1.82) is 0 Å². The summed E-state index contributed by atoms with van der Waals surface area (Å²) in [6, 6.07) is 8.69. The minimum Gasteiger partial charge on any atom is -0.481 e. The van der Waals surface area contributed by atoms with Crippen LogP contribution in [-0.2, 0) is 11.2 Å². The molecule has 0 unspecified atom stereocenters. The average Bonchev–Trinajstić information content (AvgIpc) is 2.41. The van der Waals surface area contributed by atoms with Crippen molar-refractivity contribution in [2.75, 3.05) is 0 Å². The summed E-state index contributed by atoms with van der Waals surface area (Å²) in [6.45, 7) is 2.21. The molecule has 1 N–H and O–H groups in total. The van der Waals surface area contributed by atoms with E-state index < -0.39 is 5.97 Å². The van der Waals surface area contributed by atoms with Crippen molar-refractivity contribution in [2.24, 2.45) is 0 Å². The maximum Gasteiger partial charge on any atom is 0.303 e. The highest BCUT2D eigenvalue weighted by atomic mass is 16.4. The van der Waals surface area contributed by atoms with E-state index in [0.717, 1.165) is 25.7 Å². The molecule has 0 spiro atoms. The fourth-order valence-corrected chi connectivity index (χ4v) is 1.93. The van der Waals surface area contributed by atoms with Gasteiger partial charge in [0.05, 0.1) is 0 Å². The predicted molar refractivity (Wildman–Crippen MR) is 80.2 cm³/mol. The fourth-order valence-electron chi connectivity index (χ4n) is 1.93. The van der Waals surface area contributed by atoms with E-state index in [1.165, 1.54) is 24.0 Å². The fraction of sp³-hybridized carbons (Fsp3) is 0.471. The summed E-state index contributed by atoms with van der Waals surface area (Å²) >= 11 is 0. The first-order valence-electron chi connectivity index (χ1n) is 7.19. The molecule has 0 bridgehead atoms. The van der Waals surface area contributed by atoms with Crippen LogP contribution < -0.4 is 0 Å². The number of aryl methyl sites for hydroxylation is 1. The van der Waals surface area contributed by atoms with Crippen LogP contribution >= 0.6 is 0 Å². The molecule has 0 aliphatic heterocycles. The van der Waals surface area contributed by atoms with Crippen LogP contribution in [0.4, 0.5) is 0 Å². The van der Waals surface area contributed by atoms with Crippen molar-refractivity contribution in [3.05, 3.63) is 41.5 Å². The van der Waals surface area contributed by atoms with Gasteiger partial charge in [0.15, 0.2) is 0 Å². The zero-order valence-electron chi connectivity index (χ0n) is 11.8. The van der Waals surface area contributed by atoms with E-state index in [2.05, 4.69) is 43.3 Å². The molecule has 0 radical (unpaired) electrons. The summed E-state index contributed by atoms with van der Waals surface area (Å²) in [5.74, 6) is -0.702. The van der Waals surface area contributed by atoms with Crippen molar-refractivity contribution >= 4 is 12.0 Å². The third kappa shape index (κ3) is 7.45. The lowest BCUT2D eigenvalue weighted by molar-refractivity contribution is -0.137. The molecule has 0 heterocycles. The first-order valence-corrected chi connectivity index (χ1v) is 7.19. The molecule has 0 aromatic heterocycles. The van der Waals surface area contributed by atoms with Crippen molar-refractivity contribution in [2.45, 2.75) is 51.9 Å². The Hall–Kier alpha value is -1.57. The van der Waals surface area contributed by atoms with Gasteiger partial charge >= 0.3 is 5.97 Å². The molecule has 1 rings (SSSR count). The quantitative estimate of drug-likeness (QED) is 0.654. The van der Waals surface area contributed by atoms with Gasteiger partial charge in [0.2, 0.25) is 0 Å². The molecule has 0 saturated carbocycles. The van der Waals surface area contributed by atoms with E-state index in [-0.39, 0.29) is 6.42 Å². The summed E-state index contributed by atoms with van der Waals surface area (Å²) in [5.41, 5.74) is 2.62. The van der Waals surface area contributed by atoms with Gasteiger partial charge in [0.1, 0.15) is 0 Å². The third-order valence-corrected chi connectivity index (χ3v) is 3.12. The molecule has 0 aliphatic carbocycles. The van der Waals surface area contributed by atoms with E-state index in [0.29, 0.717) is 0 Å².